The van der Waals surface area contributed by atoms with E-state index in [1.807, 2.05) is 54.6 Å². The summed E-state index contributed by atoms with van der Waals surface area (Å²) in [5, 5.41) is 10.9. The number of benzene rings is 2. The van der Waals surface area contributed by atoms with Gasteiger partial charge >= 0.3 is 5.97 Å². The monoisotopic (exact) mass is 436 g/mol. The molecule has 2 heterocycles. The average molecular weight is 437 g/mol. The second-order valence-electron chi connectivity index (χ2n) is 8.15. The van der Waals surface area contributed by atoms with Crippen molar-refractivity contribution < 1.29 is 23.8 Å². The number of ether oxygens (including phenoxy) is 1. The lowest BCUT2D eigenvalue weighted by Gasteiger charge is -2.34. The molecule has 1 aliphatic heterocycles. The summed E-state index contributed by atoms with van der Waals surface area (Å²) in [7, 11) is 1.32. The summed E-state index contributed by atoms with van der Waals surface area (Å²) in [4.78, 5) is 29.6. The molecule has 1 amide bonds. The van der Waals surface area contributed by atoms with Crippen molar-refractivity contribution in [3.63, 3.8) is 0 Å². The molecule has 1 aliphatic rings. The van der Waals surface area contributed by atoms with Crippen molar-refractivity contribution in [3.05, 3.63) is 72.0 Å². The molecule has 0 radical (unpaired) electrons. The van der Waals surface area contributed by atoms with Gasteiger partial charge in [-0.25, -0.2) is 0 Å². The quantitative estimate of drug-likeness (QED) is 0.547. The molecule has 7 nitrogen and oxygen atoms in total. The molecule has 4 rings (SSSR count). The van der Waals surface area contributed by atoms with E-state index in [0.29, 0.717) is 19.5 Å². The zero-order chi connectivity index (χ0) is 22.5. The standard InChI is InChI=1S/C25H28N2O5/c1-31-25(30)17-27(24(29)14-19-8-5-9-23-21(19)11-13-32-23)22(18-6-3-2-4-7-18)16-26-12-10-20(28)15-26/h2-9,11,13,20,22,28H,10,12,14-17H2,1H3. The number of furan rings is 1. The molecule has 2 atom stereocenters. The number of methoxy groups -OCH3 is 1. The van der Waals surface area contributed by atoms with Crippen LogP contribution < -0.4 is 0 Å². The van der Waals surface area contributed by atoms with Gasteiger partial charge in [-0.2, -0.15) is 0 Å². The Labute approximate surface area is 187 Å². The fourth-order valence-electron chi connectivity index (χ4n) is 4.33. The molecule has 32 heavy (non-hydrogen) atoms. The Morgan fingerprint density at radius 2 is 2.00 bits per heavy atom. The van der Waals surface area contributed by atoms with Crippen molar-refractivity contribution in [2.24, 2.45) is 0 Å². The van der Waals surface area contributed by atoms with E-state index in [1.54, 1.807) is 11.2 Å². The third-order valence-corrected chi connectivity index (χ3v) is 6.01. The zero-order valence-electron chi connectivity index (χ0n) is 18.1. The Morgan fingerprint density at radius 1 is 1.19 bits per heavy atom. The highest BCUT2D eigenvalue weighted by molar-refractivity contribution is 5.89. The minimum absolute atomic E-state index is 0.139. The summed E-state index contributed by atoms with van der Waals surface area (Å²) >= 11 is 0. The first-order valence-electron chi connectivity index (χ1n) is 10.8. The number of amides is 1. The Kier molecular flexibility index (Phi) is 6.87. The van der Waals surface area contributed by atoms with Gasteiger partial charge < -0.3 is 19.2 Å². The first-order valence-corrected chi connectivity index (χ1v) is 10.8. The van der Waals surface area contributed by atoms with Crippen molar-refractivity contribution in [2.45, 2.75) is 25.0 Å². The Bertz CT molecular complexity index is 1060. The van der Waals surface area contributed by atoms with Gasteiger partial charge in [0.15, 0.2) is 0 Å². The number of aliphatic hydroxyl groups is 1. The van der Waals surface area contributed by atoms with E-state index in [4.69, 9.17) is 9.15 Å². The van der Waals surface area contributed by atoms with Crippen LogP contribution in [0.15, 0.2) is 65.3 Å². The average Bonchev–Trinajstić information content (AvgIpc) is 3.45. The lowest BCUT2D eigenvalue weighted by atomic mass is 10.0. The third-order valence-electron chi connectivity index (χ3n) is 6.01. The number of aliphatic hydroxyl groups excluding tert-OH is 1. The van der Waals surface area contributed by atoms with Crippen LogP contribution in [0.2, 0.25) is 0 Å². The van der Waals surface area contributed by atoms with Crippen LogP contribution >= 0.6 is 0 Å². The molecule has 1 N–H and O–H groups in total. The van der Waals surface area contributed by atoms with E-state index < -0.39 is 5.97 Å². The Morgan fingerprint density at radius 3 is 2.72 bits per heavy atom. The lowest BCUT2D eigenvalue weighted by Crippen LogP contribution is -2.44. The fraction of sp³-hybridized carbons (Fsp3) is 0.360. The first kappa shape index (κ1) is 22.0. The van der Waals surface area contributed by atoms with Crippen LogP contribution in [-0.4, -0.2) is 66.2 Å². The number of rotatable bonds is 8. The van der Waals surface area contributed by atoms with Crippen molar-refractivity contribution >= 4 is 22.8 Å². The summed E-state index contributed by atoms with van der Waals surface area (Å²) in [5.74, 6) is -0.639. The smallest absolute Gasteiger partial charge is 0.325 e. The van der Waals surface area contributed by atoms with E-state index in [0.717, 1.165) is 28.6 Å². The van der Waals surface area contributed by atoms with Crippen molar-refractivity contribution in [1.82, 2.24) is 9.80 Å². The number of esters is 1. The highest BCUT2D eigenvalue weighted by Crippen LogP contribution is 2.27. The highest BCUT2D eigenvalue weighted by atomic mass is 16.5. The van der Waals surface area contributed by atoms with E-state index in [2.05, 4.69) is 4.90 Å². The molecule has 168 valence electrons. The van der Waals surface area contributed by atoms with Gasteiger partial charge in [-0.15, -0.1) is 0 Å². The van der Waals surface area contributed by atoms with Crippen LogP contribution in [0.4, 0.5) is 0 Å². The van der Waals surface area contributed by atoms with Gasteiger partial charge in [0.1, 0.15) is 12.1 Å². The molecular formula is C25H28N2O5. The van der Waals surface area contributed by atoms with Gasteiger partial charge in [0.2, 0.25) is 5.91 Å². The predicted molar refractivity (Wildman–Crippen MR) is 120 cm³/mol. The second kappa shape index (κ2) is 9.97. The van der Waals surface area contributed by atoms with Crippen LogP contribution in [0.25, 0.3) is 11.0 Å². The number of hydrogen-bond acceptors (Lipinski definition) is 6. The fourth-order valence-corrected chi connectivity index (χ4v) is 4.33. The zero-order valence-corrected chi connectivity index (χ0v) is 18.1. The minimum Gasteiger partial charge on any atom is -0.468 e. The van der Waals surface area contributed by atoms with Crippen LogP contribution in [0, 0.1) is 0 Å². The van der Waals surface area contributed by atoms with Gasteiger partial charge in [-0.05, 0) is 29.7 Å². The molecule has 0 saturated carbocycles. The number of carbonyl (C=O) groups excluding carboxylic acids is 2. The van der Waals surface area contributed by atoms with Crippen LogP contribution in [0.3, 0.4) is 0 Å². The Balaban J connectivity index is 1.65. The van der Waals surface area contributed by atoms with E-state index in [-0.39, 0.29) is 31.0 Å². The van der Waals surface area contributed by atoms with Gasteiger partial charge in [-0.3, -0.25) is 14.5 Å². The van der Waals surface area contributed by atoms with Crippen molar-refractivity contribution in [2.75, 3.05) is 33.3 Å². The number of β-amino-alcohol motifs (C(OH)–C–C–N with tert-alkyl or cyclic N) is 1. The van der Waals surface area contributed by atoms with E-state index >= 15 is 0 Å². The summed E-state index contributed by atoms with van der Waals surface area (Å²) < 4.78 is 10.4. The molecule has 2 aromatic carbocycles. The van der Waals surface area contributed by atoms with Gasteiger partial charge in [-0.1, -0.05) is 42.5 Å². The minimum atomic E-state index is -0.470. The van der Waals surface area contributed by atoms with E-state index in [9.17, 15) is 14.7 Å². The maximum Gasteiger partial charge on any atom is 0.325 e. The van der Waals surface area contributed by atoms with Crippen LogP contribution in [0.1, 0.15) is 23.6 Å². The molecule has 1 aromatic heterocycles. The van der Waals surface area contributed by atoms with Crippen molar-refractivity contribution in [1.29, 1.82) is 0 Å². The van der Waals surface area contributed by atoms with Crippen LogP contribution in [0.5, 0.6) is 0 Å². The van der Waals surface area contributed by atoms with Gasteiger partial charge in [0, 0.05) is 25.0 Å². The normalized spacial score (nSPS) is 17.4. The lowest BCUT2D eigenvalue weighted by molar-refractivity contribution is -0.148. The maximum absolute atomic E-state index is 13.6. The van der Waals surface area contributed by atoms with Gasteiger partial charge in [0.25, 0.3) is 0 Å². The summed E-state index contributed by atoms with van der Waals surface area (Å²) in [6.45, 7) is 1.68. The number of carbonyl (C=O) groups is 2. The molecular weight excluding hydrogens is 408 g/mol. The largest absolute Gasteiger partial charge is 0.468 e. The summed E-state index contributed by atoms with van der Waals surface area (Å²) in [6.07, 6.45) is 2.08. The predicted octanol–water partition coefficient (Wildman–Crippen LogP) is 2.78. The molecule has 3 aromatic rings. The number of fused-ring (bicyclic) bond motifs is 1. The Hall–Kier alpha value is -3.16. The molecule has 0 aliphatic carbocycles. The molecule has 0 spiro atoms. The number of nitrogens with zero attached hydrogens (tertiary/aromatic N) is 2. The van der Waals surface area contributed by atoms with E-state index in [1.165, 1.54) is 7.11 Å². The SMILES string of the molecule is COC(=O)CN(C(=O)Cc1cccc2occc12)C(CN1CCC(O)C1)c1ccccc1. The molecule has 1 fully saturated rings. The molecule has 7 heteroatoms. The first-order chi connectivity index (χ1) is 15.5. The van der Waals surface area contributed by atoms with Gasteiger partial charge in [0.05, 0.1) is 31.9 Å². The molecule has 0 bridgehead atoms. The number of likely N-dealkylation sites (tertiary alicyclic amines) is 1. The highest BCUT2D eigenvalue weighted by Gasteiger charge is 2.31. The molecule has 1 saturated heterocycles. The topological polar surface area (TPSA) is 83.2 Å². The second-order valence-corrected chi connectivity index (χ2v) is 8.15. The number of hydrogen-bond donors (Lipinski definition) is 1. The van der Waals surface area contributed by atoms with Crippen molar-refractivity contribution in [3.8, 4) is 0 Å². The maximum atomic E-state index is 13.6. The molecule has 2 unspecified atom stereocenters. The third kappa shape index (κ3) is 5.00. The summed E-state index contributed by atoms with van der Waals surface area (Å²) in [6, 6.07) is 16.8. The van der Waals surface area contributed by atoms with Crippen LogP contribution in [-0.2, 0) is 20.7 Å². The summed E-state index contributed by atoms with van der Waals surface area (Å²) in [5.41, 5.74) is 2.51.